The molecule has 0 aromatic heterocycles. The molecule has 1 aliphatic heterocycles. The molecule has 2 rings (SSSR count). The molecule has 1 fully saturated rings. The Morgan fingerprint density at radius 2 is 2.00 bits per heavy atom. The molecule has 2 N–H and O–H groups in total. The average molecular weight is 279 g/mol. The van der Waals surface area contributed by atoms with Gasteiger partial charge in [-0.3, -0.25) is 9.59 Å². The van der Waals surface area contributed by atoms with E-state index >= 15 is 0 Å². The van der Waals surface area contributed by atoms with Crippen LogP contribution in [-0.2, 0) is 9.59 Å². The normalized spacial score (nSPS) is 14.9. The van der Waals surface area contributed by atoms with E-state index in [1.54, 1.807) is 11.0 Å². The zero-order valence-electron chi connectivity index (χ0n) is 11.2. The van der Waals surface area contributed by atoms with Crippen molar-refractivity contribution < 1.29 is 14.0 Å². The third kappa shape index (κ3) is 4.31. The Morgan fingerprint density at radius 3 is 2.70 bits per heavy atom. The maximum absolute atomic E-state index is 13.0. The highest BCUT2D eigenvalue weighted by atomic mass is 19.1. The number of nitrogens with zero attached hydrogens (tertiary/aromatic N) is 1. The van der Waals surface area contributed by atoms with E-state index in [2.05, 4.69) is 10.6 Å². The summed E-state index contributed by atoms with van der Waals surface area (Å²) in [5.41, 5.74) is 0.407. The van der Waals surface area contributed by atoms with Crippen LogP contribution >= 0.6 is 0 Å². The summed E-state index contributed by atoms with van der Waals surface area (Å²) < 4.78 is 13.0. The van der Waals surface area contributed by atoms with Crippen molar-refractivity contribution in [3.05, 3.63) is 30.1 Å². The summed E-state index contributed by atoms with van der Waals surface area (Å²) in [4.78, 5) is 25.3. The first-order valence-electron chi connectivity index (χ1n) is 6.69. The van der Waals surface area contributed by atoms with Crippen LogP contribution in [0.3, 0.4) is 0 Å². The Kier molecular flexibility index (Phi) is 5.06. The summed E-state index contributed by atoms with van der Waals surface area (Å²) in [5.74, 6) is -0.695. The number of carbonyl (C=O) groups excluding carboxylic acids is 2. The second kappa shape index (κ2) is 7.00. The molecule has 108 valence electrons. The molecule has 1 aromatic carbocycles. The molecular formula is C14H18FN3O2. The lowest BCUT2D eigenvalue weighted by atomic mass is 10.2. The van der Waals surface area contributed by atoms with Gasteiger partial charge in [0.15, 0.2) is 0 Å². The Hall–Kier alpha value is -1.95. The highest BCUT2D eigenvalue weighted by molar-refractivity contribution is 5.93. The minimum absolute atomic E-state index is 0.0131. The summed E-state index contributed by atoms with van der Waals surface area (Å²) in [7, 11) is 0. The molecule has 0 saturated carbocycles. The lowest BCUT2D eigenvalue weighted by molar-refractivity contribution is -0.133. The van der Waals surface area contributed by atoms with E-state index in [1.807, 2.05) is 0 Å². The zero-order valence-corrected chi connectivity index (χ0v) is 11.2. The summed E-state index contributed by atoms with van der Waals surface area (Å²) in [6.45, 7) is 2.96. The number of piperazine rings is 1. The fourth-order valence-electron chi connectivity index (χ4n) is 2.08. The van der Waals surface area contributed by atoms with Crippen LogP contribution in [0, 0.1) is 5.82 Å². The molecule has 0 spiro atoms. The highest BCUT2D eigenvalue weighted by Crippen LogP contribution is 2.10. The molecule has 0 radical (unpaired) electrons. The van der Waals surface area contributed by atoms with Gasteiger partial charge in [0.1, 0.15) is 5.82 Å². The zero-order chi connectivity index (χ0) is 14.4. The van der Waals surface area contributed by atoms with Crippen LogP contribution in [0.4, 0.5) is 10.1 Å². The number of hydrogen-bond acceptors (Lipinski definition) is 3. The van der Waals surface area contributed by atoms with Crippen molar-refractivity contribution in [2.45, 2.75) is 12.8 Å². The van der Waals surface area contributed by atoms with Gasteiger partial charge in [-0.25, -0.2) is 4.39 Å². The molecule has 1 heterocycles. The van der Waals surface area contributed by atoms with Gasteiger partial charge in [-0.1, -0.05) is 6.07 Å². The molecular weight excluding hydrogens is 261 g/mol. The number of halogens is 1. The molecule has 1 saturated heterocycles. The first-order valence-corrected chi connectivity index (χ1v) is 6.69. The molecule has 1 aromatic rings. The van der Waals surface area contributed by atoms with E-state index in [0.717, 1.165) is 13.1 Å². The largest absolute Gasteiger partial charge is 0.340 e. The maximum atomic E-state index is 13.0. The Balaban J connectivity index is 1.75. The monoisotopic (exact) mass is 279 g/mol. The molecule has 6 heteroatoms. The van der Waals surface area contributed by atoms with Crippen LogP contribution in [0.25, 0.3) is 0 Å². The summed E-state index contributed by atoms with van der Waals surface area (Å²) >= 11 is 0. The topological polar surface area (TPSA) is 61.4 Å². The number of hydrogen-bond donors (Lipinski definition) is 2. The van der Waals surface area contributed by atoms with Gasteiger partial charge in [-0.05, 0) is 18.2 Å². The standard InChI is InChI=1S/C14H18FN3O2/c15-11-2-1-3-12(10-11)17-13(19)4-5-14(20)18-8-6-16-7-9-18/h1-3,10,16H,4-9H2,(H,17,19). The van der Waals surface area contributed by atoms with Crippen LogP contribution in [0.5, 0.6) is 0 Å². The number of carbonyl (C=O) groups is 2. The summed E-state index contributed by atoms with van der Waals surface area (Å²) in [6.07, 6.45) is 0.292. The van der Waals surface area contributed by atoms with Gasteiger partial charge in [0.2, 0.25) is 11.8 Å². The fraction of sp³-hybridized carbons (Fsp3) is 0.429. The summed E-state index contributed by atoms with van der Waals surface area (Å²) in [5, 5.41) is 5.74. The second-order valence-electron chi connectivity index (χ2n) is 4.69. The van der Waals surface area contributed by atoms with E-state index in [1.165, 1.54) is 18.2 Å². The summed E-state index contributed by atoms with van der Waals surface area (Å²) in [6, 6.07) is 5.69. The van der Waals surface area contributed by atoms with Crippen molar-refractivity contribution in [3.8, 4) is 0 Å². The highest BCUT2D eigenvalue weighted by Gasteiger charge is 2.16. The van der Waals surface area contributed by atoms with Crippen LogP contribution in [0.15, 0.2) is 24.3 Å². The maximum Gasteiger partial charge on any atom is 0.224 e. The quantitative estimate of drug-likeness (QED) is 0.863. The third-order valence-electron chi connectivity index (χ3n) is 3.14. The van der Waals surface area contributed by atoms with Crippen molar-refractivity contribution in [2.24, 2.45) is 0 Å². The Bertz CT molecular complexity index is 487. The number of anilines is 1. The van der Waals surface area contributed by atoms with Gasteiger partial charge in [0, 0.05) is 44.7 Å². The van der Waals surface area contributed by atoms with Crippen LogP contribution < -0.4 is 10.6 Å². The molecule has 0 unspecified atom stereocenters. The fourth-order valence-corrected chi connectivity index (χ4v) is 2.08. The molecule has 5 nitrogen and oxygen atoms in total. The molecule has 0 aliphatic carbocycles. The second-order valence-corrected chi connectivity index (χ2v) is 4.69. The van der Waals surface area contributed by atoms with Crippen LogP contribution in [0.2, 0.25) is 0 Å². The molecule has 1 aliphatic rings. The van der Waals surface area contributed by atoms with Crippen LogP contribution in [-0.4, -0.2) is 42.9 Å². The van der Waals surface area contributed by atoms with E-state index < -0.39 is 5.82 Å². The minimum atomic E-state index is -0.403. The van der Waals surface area contributed by atoms with Gasteiger partial charge in [0.05, 0.1) is 0 Å². The lowest BCUT2D eigenvalue weighted by Crippen LogP contribution is -2.46. The van der Waals surface area contributed by atoms with Crippen molar-refractivity contribution >= 4 is 17.5 Å². The van der Waals surface area contributed by atoms with E-state index in [-0.39, 0.29) is 24.7 Å². The van der Waals surface area contributed by atoms with Gasteiger partial charge in [-0.15, -0.1) is 0 Å². The SMILES string of the molecule is O=C(CCC(=O)N1CCNCC1)Nc1cccc(F)c1. The van der Waals surface area contributed by atoms with Crippen molar-refractivity contribution in [2.75, 3.05) is 31.5 Å². The van der Waals surface area contributed by atoms with Gasteiger partial charge in [0.25, 0.3) is 0 Å². The van der Waals surface area contributed by atoms with E-state index in [0.29, 0.717) is 18.8 Å². The molecule has 0 atom stereocenters. The van der Waals surface area contributed by atoms with E-state index in [9.17, 15) is 14.0 Å². The van der Waals surface area contributed by atoms with Gasteiger partial charge < -0.3 is 15.5 Å². The number of benzene rings is 1. The predicted molar refractivity (Wildman–Crippen MR) is 73.7 cm³/mol. The van der Waals surface area contributed by atoms with Crippen molar-refractivity contribution in [1.29, 1.82) is 0 Å². The first-order chi connectivity index (χ1) is 9.65. The third-order valence-corrected chi connectivity index (χ3v) is 3.14. The molecule has 0 bridgehead atoms. The Labute approximate surface area is 117 Å². The Morgan fingerprint density at radius 1 is 1.25 bits per heavy atom. The molecule has 2 amide bonds. The van der Waals surface area contributed by atoms with Crippen molar-refractivity contribution in [3.63, 3.8) is 0 Å². The van der Waals surface area contributed by atoms with Gasteiger partial charge in [-0.2, -0.15) is 0 Å². The van der Waals surface area contributed by atoms with E-state index in [4.69, 9.17) is 0 Å². The predicted octanol–water partition coefficient (Wildman–Crippen LogP) is 0.976. The minimum Gasteiger partial charge on any atom is -0.340 e. The number of rotatable bonds is 4. The lowest BCUT2D eigenvalue weighted by Gasteiger charge is -2.27. The average Bonchev–Trinajstić information content (AvgIpc) is 2.46. The molecule has 20 heavy (non-hydrogen) atoms. The number of nitrogens with one attached hydrogen (secondary N) is 2. The smallest absolute Gasteiger partial charge is 0.224 e. The number of amides is 2. The van der Waals surface area contributed by atoms with Gasteiger partial charge >= 0.3 is 0 Å². The van der Waals surface area contributed by atoms with Crippen molar-refractivity contribution in [1.82, 2.24) is 10.2 Å². The first kappa shape index (κ1) is 14.5. The van der Waals surface area contributed by atoms with Crippen LogP contribution in [0.1, 0.15) is 12.8 Å².